The number of esters is 1. The number of hydrogen-bond acceptors (Lipinski definition) is 9. The lowest BCUT2D eigenvalue weighted by molar-refractivity contribution is -0.189. The van der Waals surface area contributed by atoms with Crippen molar-refractivity contribution in [2.24, 2.45) is 23.7 Å². The summed E-state index contributed by atoms with van der Waals surface area (Å²) in [5.74, 6) is -0.454. The molecule has 0 aliphatic carbocycles. The third kappa shape index (κ3) is 6.98. The van der Waals surface area contributed by atoms with Gasteiger partial charge < -0.3 is 28.8 Å². The van der Waals surface area contributed by atoms with Crippen molar-refractivity contribution in [3.63, 3.8) is 0 Å². The van der Waals surface area contributed by atoms with Crippen molar-refractivity contribution < 1.29 is 42.0 Å². The number of nitrogens with zero attached hydrogens (tertiary/aromatic N) is 1. The van der Waals surface area contributed by atoms with Crippen molar-refractivity contribution in [2.75, 3.05) is 33.4 Å². The topological polar surface area (TPSA) is 121 Å². The molecule has 11 heteroatoms. The molecule has 42 heavy (non-hydrogen) atoms. The van der Waals surface area contributed by atoms with E-state index in [-0.39, 0.29) is 55.1 Å². The Bertz CT molecular complexity index is 1290. The number of hydrogen-bond donors (Lipinski definition) is 1. The van der Waals surface area contributed by atoms with Crippen LogP contribution >= 0.6 is 0 Å². The first kappa shape index (κ1) is 30.9. The Morgan fingerprint density at radius 1 is 1.05 bits per heavy atom. The van der Waals surface area contributed by atoms with E-state index in [1.165, 1.54) is 23.5 Å². The Hall–Kier alpha value is -2.54. The van der Waals surface area contributed by atoms with Crippen molar-refractivity contribution >= 4 is 16.0 Å². The van der Waals surface area contributed by atoms with Crippen LogP contribution < -0.4 is 4.74 Å². The van der Waals surface area contributed by atoms with Crippen LogP contribution in [-0.4, -0.2) is 82.0 Å². The highest BCUT2D eigenvalue weighted by Crippen LogP contribution is 2.46. The molecule has 10 nitrogen and oxygen atoms in total. The standard InChI is InChI=1S/C31H41NO9S/c1-20(2)17-32(42(35,36)24-11-9-23(37-3)10-12-24)18-26(33)22(15-21-7-5-4-6-8-21)16-28(34)40-27-19-39-31-29(27)25-13-14-38-30(25)41-31/h4-12,20,22,25-27,29-31,33H,13-19H2,1-3H3/t22-,25-,26-,27+,29+,30+,31+/m1/s1. The summed E-state index contributed by atoms with van der Waals surface area (Å²) in [5.41, 5.74) is 0.933. The van der Waals surface area contributed by atoms with Gasteiger partial charge in [0.25, 0.3) is 0 Å². The molecule has 0 spiro atoms. The van der Waals surface area contributed by atoms with Gasteiger partial charge in [-0.2, -0.15) is 4.31 Å². The first-order chi connectivity index (χ1) is 20.2. The molecule has 1 N–H and O–H groups in total. The minimum absolute atomic E-state index is 0.00935. The second-order valence-electron chi connectivity index (χ2n) is 11.7. The van der Waals surface area contributed by atoms with Crippen LogP contribution in [0.5, 0.6) is 5.75 Å². The first-order valence-corrected chi connectivity index (χ1v) is 16.0. The number of benzene rings is 2. The summed E-state index contributed by atoms with van der Waals surface area (Å²) in [6.07, 6.45) is -1.23. The number of carbonyl (C=O) groups is 1. The van der Waals surface area contributed by atoms with Crippen molar-refractivity contribution in [1.29, 1.82) is 0 Å². The zero-order valence-electron chi connectivity index (χ0n) is 24.3. The molecule has 7 atom stereocenters. The van der Waals surface area contributed by atoms with E-state index in [1.807, 2.05) is 44.2 Å². The van der Waals surface area contributed by atoms with E-state index in [9.17, 15) is 18.3 Å². The maximum atomic E-state index is 13.7. The molecular formula is C31H41NO9S. The molecule has 2 aromatic carbocycles. The molecule has 3 saturated heterocycles. The Balaban J connectivity index is 1.31. The van der Waals surface area contributed by atoms with Gasteiger partial charge >= 0.3 is 5.97 Å². The van der Waals surface area contributed by atoms with E-state index in [2.05, 4.69) is 0 Å². The number of ether oxygens (including phenoxy) is 5. The molecule has 0 radical (unpaired) electrons. The van der Waals surface area contributed by atoms with E-state index in [0.29, 0.717) is 18.8 Å². The minimum Gasteiger partial charge on any atom is -0.497 e. The fourth-order valence-electron chi connectivity index (χ4n) is 6.16. The lowest BCUT2D eigenvalue weighted by atomic mass is 9.88. The molecule has 3 aliphatic rings. The number of aliphatic hydroxyl groups excluding tert-OH is 1. The number of sulfonamides is 1. The molecular weight excluding hydrogens is 562 g/mol. The third-order valence-corrected chi connectivity index (χ3v) is 10.1. The van der Waals surface area contributed by atoms with E-state index in [0.717, 1.165) is 12.0 Å². The van der Waals surface area contributed by atoms with Crippen LogP contribution in [0.25, 0.3) is 0 Å². The molecule has 0 amide bonds. The Kier molecular flexibility index (Phi) is 9.86. The molecule has 0 saturated carbocycles. The summed E-state index contributed by atoms with van der Waals surface area (Å²) in [7, 11) is -2.41. The summed E-state index contributed by atoms with van der Waals surface area (Å²) >= 11 is 0. The van der Waals surface area contributed by atoms with Crippen molar-refractivity contribution in [1.82, 2.24) is 4.31 Å². The van der Waals surface area contributed by atoms with E-state index >= 15 is 0 Å². The second-order valence-corrected chi connectivity index (χ2v) is 13.7. The molecule has 3 fully saturated rings. The van der Waals surface area contributed by atoms with Gasteiger partial charge in [-0.25, -0.2) is 8.42 Å². The highest BCUT2D eigenvalue weighted by Gasteiger charge is 2.56. The molecule has 3 aliphatic heterocycles. The third-order valence-electron chi connectivity index (χ3n) is 8.27. The average molecular weight is 604 g/mol. The monoisotopic (exact) mass is 603 g/mol. The lowest BCUT2D eigenvalue weighted by Gasteiger charge is -2.30. The number of fused-ring (bicyclic) bond motifs is 3. The maximum Gasteiger partial charge on any atom is 0.306 e. The second kappa shape index (κ2) is 13.4. The highest BCUT2D eigenvalue weighted by atomic mass is 32.2. The van der Waals surface area contributed by atoms with Gasteiger partial charge in [0.15, 0.2) is 12.6 Å². The molecule has 5 rings (SSSR count). The SMILES string of the molecule is COc1ccc(S(=O)(=O)N(CC(C)C)C[C@@H](O)[C@@H](CC(=O)O[C@H]2CO[C@H]3O[C@@H]4OCC[C@@H]4[C@H]32)Cc2ccccc2)cc1. The fraction of sp³-hybridized carbons (Fsp3) is 0.581. The summed E-state index contributed by atoms with van der Waals surface area (Å²) in [6, 6.07) is 15.7. The largest absolute Gasteiger partial charge is 0.497 e. The molecule has 0 unspecified atom stereocenters. The molecule has 3 heterocycles. The predicted molar refractivity (Wildman–Crippen MR) is 153 cm³/mol. The molecule has 2 aromatic rings. The van der Waals surface area contributed by atoms with Crippen LogP contribution in [0.15, 0.2) is 59.5 Å². The Labute approximate surface area is 247 Å². The van der Waals surface area contributed by atoms with Crippen LogP contribution in [0, 0.1) is 23.7 Å². The average Bonchev–Trinajstić information content (AvgIpc) is 3.66. The quantitative estimate of drug-likeness (QED) is 0.344. The summed E-state index contributed by atoms with van der Waals surface area (Å²) in [6.45, 7) is 4.75. The van der Waals surface area contributed by atoms with Gasteiger partial charge in [-0.3, -0.25) is 4.79 Å². The molecule has 0 aromatic heterocycles. The summed E-state index contributed by atoms with van der Waals surface area (Å²) in [4.78, 5) is 13.4. The van der Waals surface area contributed by atoms with Gasteiger partial charge in [-0.1, -0.05) is 44.2 Å². The van der Waals surface area contributed by atoms with Crippen LogP contribution in [0.4, 0.5) is 0 Å². The van der Waals surface area contributed by atoms with Crippen LogP contribution in [0.1, 0.15) is 32.3 Å². The van der Waals surface area contributed by atoms with Crippen LogP contribution in [0.3, 0.4) is 0 Å². The molecule has 230 valence electrons. The number of carbonyl (C=O) groups excluding carboxylic acids is 1. The van der Waals surface area contributed by atoms with Gasteiger partial charge in [0.1, 0.15) is 11.9 Å². The molecule has 0 bridgehead atoms. The fourth-order valence-corrected chi connectivity index (χ4v) is 7.78. The Morgan fingerprint density at radius 2 is 1.79 bits per heavy atom. The van der Waals surface area contributed by atoms with Crippen molar-refractivity contribution in [3.05, 3.63) is 60.2 Å². The minimum atomic E-state index is -3.93. The lowest BCUT2D eigenvalue weighted by Crippen LogP contribution is -2.43. The van der Waals surface area contributed by atoms with Gasteiger partial charge in [0.2, 0.25) is 10.0 Å². The maximum absolute atomic E-state index is 13.7. The summed E-state index contributed by atoms with van der Waals surface area (Å²) < 4.78 is 57.0. The van der Waals surface area contributed by atoms with Gasteiger partial charge in [0.05, 0.1) is 43.7 Å². The van der Waals surface area contributed by atoms with Crippen molar-refractivity contribution in [2.45, 2.75) is 62.8 Å². The number of methoxy groups -OCH3 is 1. The van der Waals surface area contributed by atoms with E-state index in [1.54, 1.807) is 12.1 Å². The number of rotatable bonds is 13. The van der Waals surface area contributed by atoms with E-state index in [4.69, 9.17) is 23.7 Å². The number of aliphatic hydroxyl groups is 1. The van der Waals surface area contributed by atoms with E-state index < -0.39 is 40.4 Å². The summed E-state index contributed by atoms with van der Waals surface area (Å²) in [5, 5.41) is 11.5. The zero-order chi connectivity index (χ0) is 29.9. The van der Waals surface area contributed by atoms with Gasteiger partial charge in [-0.15, -0.1) is 0 Å². The predicted octanol–water partition coefficient (Wildman–Crippen LogP) is 3.23. The van der Waals surface area contributed by atoms with Gasteiger partial charge in [0, 0.05) is 24.9 Å². The smallest absolute Gasteiger partial charge is 0.306 e. The normalized spacial score (nSPS) is 26.7. The van der Waals surface area contributed by atoms with Gasteiger partial charge in [-0.05, 0) is 48.6 Å². The van der Waals surface area contributed by atoms with Crippen LogP contribution in [0.2, 0.25) is 0 Å². The first-order valence-electron chi connectivity index (χ1n) is 14.6. The highest BCUT2D eigenvalue weighted by molar-refractivity contribution is 7.89. The Morgan fingerprint density at radius 3 is 2.48 bits per heavy atom. The van der Waals surface area contributed by atoms with Crippen LogP contribution in [-0.2, 0) is 40.2 Å². The van der Waals surface area contributed by atoms with Crippen molar-refractivity contribution in [3.8, 4) is 5.75 Å². The zero-order valence-corrected chi connectivity index (χ0v) is 25.1.